The van der Waals surface area contributed by atoms with E-state index < -0.39 is 6.29 Å². The van der Waals surface area contributed by atoms with Crippen molar-refractivity contribution in [3.05, 3.63) is 103 Å². The van der Waals surface area contributed by atoms with Gasteiger partial charge in [-0.3, -0.25) is 4.79 Å². The number of hydrogen-bond donors (Lipinski definition) is 3. The van der Waals surface area contributed by atoms with Crippen LogP contribution in [0.4, 0.5) is 0 Å². The van der Waals surface area contributed by atoms with Crippen LogP contribution in [0.5, 0.6) is 0 Å². The molecule has 12 aliphatic carbocycles. The van der Waals surface area contributed by atoms with Crippen LogP contribution in [-0.2, 0) is 9.53 Å². The summed E-state index contributed by atoms with van der Waals surface area (Å²) in [7, 11) is 0. The van der Waals surface area contributed by atoms with Gasteiger partial charge in [-0.05, 0) is 327 Å². The molecule has 0 amide bonds. The summed E-state index contributed by atoms with van der Waals surface area (Å²) >= 11 is 0. The molecule has 0 aromatic heterocycles. The second kappa shape index (κ2) is 31.9. The molecular weight excluding hydrogens is 1080 g/mol. The number of carbonyl (C=O) groups is 1. The van der Waals surface area contributed by atoms with Gasteiger partial charge in [0.25, 0.3) is 0 Å². The Bertz CT molecular complexity index is 2590. The summed E-state index contributed by atoms with van der Waals surface area (Å²) in [5.74, 6) is 13.0. The first kappa shape index (κ1) is 71.0. The largest absolute Gasteiger partial charge is 0.393 e. The first-order chi connectivity index (χ1) is 41.7. The molecule has 0 aromatic rings. The summed E-state index contributed by atoms with van der Waals surface area (Å²) in [5.41, 5.74) is 20.5. The Kier molecular flexibility index (Phi) is 25.7. The lowest BCUT2D eigenvalue weighted by atomic mass is 9.68. The van der Waals surface area contributed by atoms with Crippen molar-refractivity contribution in [2.75, 3.05) is 0 Å². The van der Waals surface area contributed by atoms with E-state index in [1.165, 1.54) is 137 Å². The molecule has 494 valence electrons. The molecule has 9 fully saturated rings. The number of aliphatic hydroxyl groups is 3. The summed E-state index contributed by atoms with van der Waals surface area (Å²) in [6.07, 6.45) is 41.7. The third-order valence-electron chi connectivity index (χ3n) is 25.2. The fourth-order valence-corrected chi connectivity index (χ4v) is 21.1. The molecule has 3 unspecified atom stereocenters. The molecule has 1 heterocycles. The molecule has 5 nitrogen and oxygen atoms in total. The minimum atomic E-state index is -0.474. The van der Waals surface area contributed by atoms with Crippen LogP contribution in [0.15, 0.2) is 103 Å². The van der Waals surface area contributed by atoms with Crippen LogP contribution >= 0.6 is 0 Å². The maximum absolute atomic E-state index is 11.9. The molecule has 0 spiro atoms. The lowest BCUT2D eigenvalue weighted by Crippen LogP contribution is -2.34. The molecule has 13 aliphatic rings. The number of rotatable bonds is 5. The van der Waals surface area contributed by atoms with Crippen molar-refractivity contribution in [3.8, 4) is 0 Å². The molecule has 5 heteroatoms. The first-order valence-electron chi connectivity index (χ1n) is 37.0. The van der Waals surface area contributed by atoms with E-state index in [0.717, 1.165) is 98.2 Å². The van der Waals surface area contributed by atoms with Crippen molar-refractivity contribution in [3.63, 3.8) is 0 Å². The van der Waals surface area contributed by atoms with Gasteiger partial charge in [-0.1, -0.05) is 131 Å². The predicted octanol–water partition coefficient (Wildman–Crippen LogP) is 21.7. The molecular formula is C83H132O5. The quantitative estimate of drug-likeness (QED) is 0.239. The Morgan fingerprint density at radius 1 is 0.375 bits per heavy atom. The van der Waals surface area contributed by atoms with Crippen molar-refractivity contribution < 1.29 is 24.9 Å². The van der Waals surface area contributed by atoms with Crippen molar-refractivity contribution >= 4 is 5.78 Å². The molecule has 1 saturated heterocycles. The highest BCUT2D eigenvalue weighted by Gasteiger charge is 2.51. The standard InChI is InChI=1S/2C15H24.C14H24O.2C14H22O.C11H16O2/c2*1-10(2)9-13-7-5-11(3)14-8-6-12(4)15(13)14;3*1-9(2)8-11-5-4-10(3)12-6-7-13(15)14(11)12;1-6-2-3-8-10-7(6)4-5-9(10)13-11(8)12/h2*9,11,13-14H,5-8H2,1-4H3;8,10-15H,4-7H2,1-3H3;8,11,13-15H,4-7H2,1-3H3;8,10-12,14H,4-7H2,1-3H3;8-12H,2-5H2,1H3/t2*11-,13+,14-;10-,11+,12-,13?,14-;11-,13?,14+;10-,11+,12-,14-;8-,9+,10+,11?/m111011/s1. The summed E-state index contributed by atoms with van der Waals surface area (Å²) in [5, 5.41) is 29.8. The van der Waals surface area contributed by atoms with Gasteiger partial charge in [-0.2, -0.15) is 0 Å². The van der Waals surface area contributed by atoms with E-state index in [1.54, 1.807) is 33.4 Å². The topological polar surface area (TPSA) is 87.0 Å². The van der Waals surface area contributed by atoms with Gasteiger partial charge in [0.05, 0.1) is 18.3 Å². The summed E-state index contributed by atoms with van der Waals surface area (Å²) in [6, 6.07) is 0. The highest BCUT2D eigenvalue weighted by molar-refractivity contribution is 5.84. The zero-order valence-electron chi connectivity index (χ0n) is 59.7. The fourth-order valence-electron chi connectivity index (χ4n) is 21.1. The molecule has 0 radical (unpaired) electrons. The highest BCUT2D eigenvalue weighted by Crippen LogP contribution is 2.54. The molecule has 22 atom stereocenters. The van der Waals surface area contributed by atoms with Crippen molar-refractivity contribution in [1.29, 1.82) is 0 Å². The average molecular weight is 1210 g/mol. The Labute approximate surface area is 540 Å². The maximum atomic E-state index is 11.9. The molecule has 0 bridgehead atoms. The van der Waals surface area contributed by atoms with Crippen LogP contribution < -0.4 is 0 Å². The van der Waals surface area contributed by atoms with E-state index >= 15 is 0 Å². The predicted molar refractivity (Wildman–Crippen MR) is 372 cm³/mol. The zero-order chi connectivity index (χ0) is 64.0. The van der Waals surface area contributed by atoms with Gasteiger partial charge in [-0.15, -0.1) is 0 Å². The van der Waals surface area contributed by atoms with Crippen LogP contribution in [0.2, 0.25) is 0 Å². The minimum absolute atomic E-state index is 0.0293. The Hall–Kier alpha value is -2.83. The Balaban J connectivity index is 0.000000137. The third-order valence-corrected chi connectivity index (χ3v) is 25.2. The second-order valence-corrected chi connectivity index (χ2v) is 33.1. The monoisotopic (exact) mass is 1210 g/mol. The fraction of sp³-hybridized carbons (Fsp3) is 0.771. The SMILES string of the molecule is CC(C)=C[C@@H]1CCC(C)=C2CCC(O)[C@@H]21.CC(C)=C[C@@H]1CC[C@@H](C)[C@H]2CCC(=O)[C@@H]21.CC(C)=C[C@@H]1CC[C@@H](C)[C@H]2CCC(C)=C12.CC(C)=C[C@@H]1CC[C@@H](C)[C@H]2CCC(C)=C12.CC(C)=C[C@@H]1CC[C@@H](C)[C@H]2CCC(O)[C@@H]21.CC1=C2CC[C@@H]3OC(O)[C@H](CC1)[C@H]23. The number of hydrogen-bond acceptors (Lipinski definition) is 5. The molecule has 13 rings (SSSR count). The van der Waals surface area contributed by atoms with Gasteiger partial charge in [0, 0.05) is 30.1 Å². The molecule has 0 aromatic carbocycles. The van der Waals surface area contributed by atoms with Gasteiger partial charge in [0.1, 0.15) is 5.78 Å². The first-order valence-corrected chi connectivity index (χ1v) is 37.0. The molecule has 8 saturated carbocycles. The minimum Gasteiger partial charge on any atom is -0.393 e. The molecule has 3 N–H and O–H groups in total. The van der Waals surface area contributed by atoms with Crippen LogP contribution in [0.1, 0.15) is 279 Å². The van der Waals surface area contributed by atoms with E-state index in [4.69, 9.17) is 4.74 Å². The van der Waals surface area contributed by atoms with Crippen molar-refractivity contribution in [1.82, 2.24) is 0 Å². The van der Waals surface area contributed by atoms with E-state index in [1.807, 2.05) is 11.1 Å². The Morgan fingerprint density at radius 2 is 0.818 bits per heavy atom. The van der Waals surface area contributed by atoms with Crippen molar-refractivity contribution in [2.45, 2.75) is 303 Å². The smallest absolute Gasteiger partial charge is 0.158 e. The second-order valence-electron chi connectivity index (χ2n) is 33.1. The number of carbonyl (C=O) groups excluding carboxylic acids is 1. The van der Waals surface area contributed by atoms with E-state index in [2.05, 4.69) is 155 Å². The van der Waals surface area contributed by atoms with Gasteiger partial charge in [0.15, 0.2) is 6.29 Å². The number of aliphatic hydroxyl groups excluding tert-OH is 3. The lowest BCUT2D eigenvalue weighted by molar-refractivity contribution is -0.123. The van der Waals surface area contributed by atoms with Crippen LogP contribution in [0.3, 0.4) is 0 Å². The van der Waals surface area contributed by atoms with E-state index in [-0.39, 0.29) is 12.2 Å². The summed E-state index contributed by atoms with van der Waals surface area (Å²) in [6.45, 7) is 40.7. The highest BCUT2D eigenvalue weighted by atomic mass is 16.6. The van der Waals surface area contributed by atoms with E-state index in [9.17, 15) is 20.1 Å². The summed E-state index contributed by atoms with van der Waals surface area (Å²) < 4.78 is 5.57. The van der Waals surface area contributed by atoms with Gasteiger partial charge in [0.2, 0.25) is 0 Å². The number of fused-ring (bicyclic) bond motifs is 5. The van der Waals surface area contributed by atoms with Crippen LogP contribution in [0.25, 0.3) is 0 Å². The normalized spacial score (nSPS) is 39.7. The number of allylic oxidation sites excluding steroid dienone is 16. The third kappa shape index (κ3) is 17.1. The number of ketones is 1. The zero-order valence-corrected chi connectivity index (χ0v) is 59.7. The molecule has 88 heavy (non-hydrogen) atoms. The van der Waals surface area contributed by atoms with Gasteiger partial charge >= 0.3 is 0 Å². The van der Waals surface area contributed by atoms with Gasteiger partial charge in [-0.25, -0.2) is 0 Å². The number of Topliss-reactive ketones (excluding diaryl/α,β-unsaturated/α-hetero) is 1. The van der Waals surface area contributed by atoms with E-state index in [0.29, 0.717) is 65.1 Å². The van der Waals surface area contributed by atoms with Crippen LogP contribution in [0, 0.1) is 107 Å². The lowest BCUT2D eigenvalue weighted by Gasteiger charge is -2.38. The molecule has 1 aliphatic heterocycles. The summed E-state index contributed by atoms with van der Waals surface area (Å²) in [4.78, 5) is 11.9. The van der Waals surface area contributed by atoms with Crippen LogP contribution in [-0.4, -0.2) is 45.7 Å². The van der Waals surface area contributed by atoms with Crippen molar-refractivity contribution in [2.24, 2.45) is 107 Å². The average Bonchev–Trinajstić information content (AvgIpc) is 1.96. The Morgan fingerprint density at radius 3 is 1.36 bits per heavy atom. The number of ether oxygens (including phenoxy) is 1. The van der Waals surface area contributed by atoms with Gasteiger partial charge < -0.3 is 20.1 Å². The maximum Gasteiger partial charge on any atom is 0.158 e.